The third-order valence-electron chi connectivity index (χ3n) is 7.68. The molecule has 5 unspecified atom stereocenters. The molecule has 3 aliphatic heterocycles. The van der Waals surface area contributed by atoms with Gasteiger partial charge in [0.05, 0.1) is 23.9 Å². The minimum absolute atomic E-state index is 0.252. The summed E-state index contributed by atoms with van der Waals surface area (Å²) in [5.41, 5.74) is 0.719. The molecule has 6 rings (SSSR count). The second-order valence-electron chi connectivity index (χ2n) is 9.13. The number of rotatable bonds is 2. The van der Waals surface area contributed by atoms with Crippen molar-refractivity contribution in [3.63, 3.8) is 0 Å². The van der Waals surface area contributed by atoms with E-state index in [4.69, 9.17) is 18.6 Å². The maximum absolute atomic E-state index is 12.9. The van der Waals surface area contributed by atoms with Crippen LogP contribution in [0.15, 0.2) is 34.2 Å². The van der Waals surface area contributed by atoms with E-state index >= 15 is 0 Å². The molecular weight excluding hydrogens is 376 g/mol. The second kappa shape index (κ2) is 5.74. The van der Waals surface area contributed by atoms with Gasteiger partial charge in [0.15, 0.2) is 0 Å². The Labute approximate surface area is 168 Å². The van der Waals surface area contributed by atoms with Gasteiger partial charge in [-0.05, 0) is 38.3 Å². The van der Waals surface area contributed by atoms with Crippen molar-refractivity contribution >= 4 is 17.9 Å². The topological polar surface area (TPSA) is 92.0 Å². The number of hydrogen-bond donors (Lipinski definition) is 0. The van der Waals surface area contributed by atoms with Gasteiger partial charge in [0.1, 0.15) is 18.3 Å². The Morgan fingerprint density at radius 1 is 1.24 bits per heavy atom. The molecule has 0 N–H and O–H groups in total. The average Bonchev–Trinajstić information content (AvgIpc) is 3.26. The summed E-state index contributed by atoms with van der Waals surface area (Å²) >= 11 is 0. The first kappa shape index (κ1) is 18.5. The van der Waals surface area contributed by atoms with E-state index in [0.717, 1.165) is 12.0 Å². The summed E-state index contributed by atoms with van der Waals surface area (Å²) in [5.74, 6) is -1.75. The normalized spacial score (nSPS) is 42.8. The summed E-state index contributed by atoms with van der Waals surface area (Å²) in [6.45, 7) is 7.07. The fourth-order valence-corrected chi connectivity index (χ4v) is 6.61. The monoisotopic (exact) mass is 400 g/mol. The molecule has 2 saturated carbocycles. The third-order valence-corrected chi connectivity index (χ3v) is 7.68. The van der Waals surface area contributed by atoms with E-state index in [1.807, 2.05) is 13.8 Å². The molecule has 4 fully saturated rings. The van der Waals surface area contributed by atoms with Crippen LogP contribution >= 0.6 is 0 Å². The van der Waals surface area contributed by atoms with E-state index in [-0.39, 0.29) is 18.0 Å². The summed E-state index contributed by atoms with van der Waals surface area (Å²) in [6, 6.07) is 1.75. The molecule has 5 aliphatic rings. The molecule has 2 bridgehead atoms. The van der Waals surface area contributed by atoms with E-state index < -0.39 is 40.9 Å². The quantitative estimate of drug-likeness (QED) is 0.556. The van der Waals surface area contributed by atoms with Crippen LogP contribution in [0.2, 0.25) is 0 Å². The molecular formula is C22H24O7. The minimum Gasteiger partial charge on any atom is -0.472 e. The molecule has 2 saturated heterocycles. The van der Waals surface area contributed by atoms with Gasteiger partial charge in [0.25, 0.3) is 0 Å². The number of cyclic esters (lactones) is 1. The van der Waals surface area contributed by atoms with Gasteiger partial charge >= 0.3 is 17.9 Å². The fourth-order valence-electron chi connectivity index (χ4n) is 6.61. The highest BCUT2D eigenvalue weighted by Gasteiger charge is 2.75. The number of fused-ring (bicyclic) bond motifs is 3. The van der Waals surface area contributed by atoms with Crippen molar-refractivity contribution in [3.8, 4) is 0 Å². The third kappa shape index (κ3) is 2.16. The Morgan fingerprint density at radius 3 is 2.62 bits per heavy atom. The molecule has 0 amide bonds. The zero-order chi connectivity index (χ0) is 20.7. The lowest BCUT2D eigenvalue weighted by atomic mass is 9.52. The summed E-state index contributed by atoms with van der Waals surface area (Å²) in [6.07, 6.45) is 2.85. The van der Waals surface area contributed by atoms with Crippen LogP contribution in [0.4, 0.5) is 0 Å². The largest absolute Gasteiger partial charge is 0.472 e. The van der Waals surface area contributed by atoms with Gasteiger partial charge in [-0.1, -0.05) is 6.92 Å². The van der Waals surface area contributed by atoms with Crippen LogP contribution in [-0.4, -0.2) is 30.1 Å². The minimum atomic E-state index is -0.793. The van der Waals surface area contributed by atoms with Crippen LogP contribution in [0.5, 0.6) is 0 Å². The van der Waals surface area contributed by atoms with Crippen molar-refractivity contribution in [1.29, 1.82) is 0 Å². The molecule has 0 radical (unpaired) electrons. The van der Waals surface area contributed by atoms with Crippen molar-refractivity contribution in [3.05, 3.63) is 35.3 Å². The van der Waals surface area contributed by atoms with E-state index in [1.165, 1.54) is 13.2 Å². The van der Waals surface area contributed by atoms with Crippen molar-refractivity contribution in [2.75, 3.05) is 0 Å². The molecule has 7 heteroatoms. The molecule has 29 heavy (non-hydrogen) atoms. The molecule has 1 aromatic heterocycles. The van der Waals surface area contributed by atoms with Crippen LogP contribution in [0.3, 0.4) is 0 Å². The van der Waals surface area contributed by atoms with E-state index in [1.54, 1.807) is 19.3 Å². The summed E-state index contributed by atoms with van der Waals surface area (Å²) in [7, 11) is 0. The molecule has 4 heterocycles. The molecule has 1 aromatic rings. The first-order chi connectivity index (χ1) is 13.7. The van der Waals surface area contributed by atoms with Gasteiger partial charge in [0, 0.05) is 29.4 Å². The van der Waals surface area contributed by atoms with E-state index in [0.29, 0.717) is 17.6 Å². The molecule has 154 valence electrons. The Balaban J connectivity index is 1.77. The van der Waals surface area contributed by atoms with Gasteiger partial charge in [-0.25, -0.2) is 4.79 Å². The number of carbonyl (C=O) groups is 3. The average molecular weight is 400 g/mol. The molecule has 2 aliphatic carbocycles. The lowest BCUT2D eigenvalue weighted by molar-refractivity contribution is -0.223. The lowest BCUT2D eigenvalue weighted by Gasteiger charge is -2.57. The van der Waals surface area contributed by atoms with Crippen LogP contribution < -0.4 is 0 Å². The molecule has 7 atom stereocenters. The maximum Gasteiger partial charge on any atom is 0.334 e. The van der Waals surface area contributed by atoms with E-state index in [2.05, 4.69) is 0 Å². The zero-order valence-corrected chi connectivity index (χ0v) is 16.9. The fraction of sp³-hybridized carbons (Fsp3) is 0.591. The number of hydrogen-bond acceptors (Lipinski definition) is 7. The van der Waals surface area contributed by atoms with Gasteiger partial charge < -0.3 is 18.6 Å². The first-order valence-corrected chi connectivity index (χ1v) is 10.0. The molecule has 0 spiro atoms. The van der Waals surface area contributed by atoms with Gasteiger partial charge in [-0.2, -0.15) is 0 Å². The van der Waals surface area contributed by atoms with Crippen LogP contribution in [-0.2, 0) is 28.6 Å². The molecule has 7 nitrogen and oxygen atoms in total. The van der Waals surface area contributed by atoms with Crippen molar-refractivity contribution < 1.29 is 33.0 Å². The number of furan rings is 1. The van der Waals surface area contributed by atoms with E-state index in [9.17, 15) is 14.4 Å². The van der Waals surface area contributed by atoms with Gasteiger partial charge in [-0.3, -0.25) is 9.59 Å². The number of carbonyl (C=O) groups excluding carboxylic acids is 3. The van der Waals surface area contributed by atoms with Crippen molar-refractivity contribution in [2.24, 2.45) is 22.7 Å². The van der Waals surface area contributed by atoms with Crippen molar-refractivity contribution in [1.82, 2.24) is 0 Å². The SMILES string of the molecule is CC(=O)OC1C2C(=C(C)C(=O)O[C@@H]2c2ccoc2)[C@@]2(C)C3CCC(C)(C(=O)O3)C12. The Bertz CT molecular complexity index is 944. The summed E-state index contributed by atoms with van der Waals surface area (Å²) in [4.78, 5) is 37.8. The Morgan fingerprint density at radius 2 is 2.00 bits per heavy atom. The lowest BCUT2D eigenvalue weighted by Crippen LogP contribution is -2.62. The predicted molar refractivity (Wildman–Crippen MR) is 98.1 cm³/mol. The summed E-state index contributed by atoms with van der Waals surface area (Å²) < 4.78 is 22.8. The predicted octanol–water partition coefficient (Wildman–Crippen LogP) is 3.10. The van der Waals surface area contributed by atoms with Crippen LogP contribution in [0.25, 0.3) is 0 Å². The van der Waals surface area contributed by atoms with Crippen molar-refractivity contribution in [2.45, 2.75) is 58.8 Å². The summed E-state index contributed by atoms with van der Waals surface area (Å²) in [5, 5.41) is 0. The highest BCUT2D eigenvalue weighted by Crippen LogP contribution is 2.70. The Hall–Kier alpha value is -2.57. The maximum atomic E-state index is 12.9. The molecule has 0 aromatic carbocycles. The highest BCUT2D eigenvalue weighted by molar-refractivity contribution is 5.91. The van der Waals surface area contributed by atoms with Gasteiger partial charge in [0.2, 0.25) is 0 Å². The Kier molecular flexibility index (Phi) is 3.65. The standard InChI is InChI=1S/C22H24O7/c1-10-15-14(16(29-19(10)24)12-6-8-26-9-12)17(27-11(2)23)18-21(3)7-5-13(22(15,18)4)28-20(21)25/h6,8-9,13-14,16-18H,5,7H2,1-4H3/t13?,14?,16-,17?,18?,21?,22-/m1/s1. The number of esters is 3. The smallest absolute Gasteiger partial charge is 0.334 e. The number of ether oxygens (including phenoxy) is 3. The van der Waals surface area contributed by atoms with Gasteiger partial charge in [-0.15, -0.1) is 0 Å². The van der Waals surface area contributed by atoms with Crippen LogP contribution in [0.1, 0.15) is 52.2 Å². The highest BCUT2D eigenvalue weighted by atomic mass is 16.6. The first-order valence-electron chi connectivity index (χ1n) is 10.0. The van der Waals surface area contributed by atoms with Crippen LogP contribution in [0, 0.1) is 22.7 Å². The zero-order valence-electron chi connectivity index (χ0n) is 16.9. The second-order valence-corrected chi connectivity index (χ2v) is 9.13.